The number of aromatic nitrogens is 3. The molecule has 0 saturated heterocycles. The molecular weight excluding hydrogens is 292 g/mol. The number of methoxy groups -OCH3 is 1. The molecule has 7 heteroatoms. The number of rotatable bonds is 3. The normalized spacial score (nSPS) is 11.3. The number of nitrogens with zero attached hydrogens (tertiary/aromatic N) is 2. The molecule has 0 bridgehead atoms. The zero-order valence-electron chi connectivity index (χ0n) is 12.3. The van der Waals surface area contributed by atoms with Crippen molar-refractivity contribution in [1.29, 1.82) is 0 Å². The van der Waals surface area contributed by atoms with Crippen LogP contribution in [0.1, 0.15) is 37.2 Å². The van der Waals surface area contributed by atoms with Gasteiger partial charge in [-0.3, -0.25) is 9.89 Å². The van der Waals surface area contributed by atoms with E-state index in [2.05, 4.69) is 20.5 Å². The Bertz CT molecular complexity index is 661. The average molecular weight is 309 g/mol. The number of anilines is 1. The summed E-state index contributed by atoms with van der Waals surface area (Å²) >= 11 is 6.04. The van der Waals surface area contributed by atoms with Crippen LogP contribution in [-0.4, -0.2) is 28.2 Å². The minimum Gasteiger partial charge on any atom is -0.497 e. The van der Waals surface area contributed by atoms with E-state index >= 15 is 0 Å². The second-order valence-corrected chi connectivity index (χ2v) is 5.96. The van der Waals surface area contributed by atoms with Crippen molar-refractivity contribution in [2.45, 2.75) is 26.2 Å². The molecule has 0 aliphatic rings. The number of hydrogen-bond acceptors (Lipinski definition) is 4. The fourth-order valence-electron chi connectivity index (χ4n) is 1.60. The van der Waals surface area contributed by atoms with Crippen LogP contribution < -0.4 is 10.1 Å². The lowest BCUT2D eigenvalue weighted by Gasteiger charge is -2.12. The summed E-state index contributed by atoms with van der Waals surface area (Å²) in [5.41, 5.74) is 0.238. The number of H-pyrrole nitrogens is 1. The van der Waals surface area contributed by atoms with Gasteiger partial charge in [-0.1, -0.05) is 32.4 Å². The lowest BCUT2D eigenvalue weighted by Crippen LogP contribution is -2.16. The number of aromatic amines is 1. The van der Waals surface area contributed by atoms with Gasteiger partial charge in [-0.15, -0.1) is 5.10 Å². The van der Waals surface area contributed by atoms with Crippen molar-refractivity contribution in [3.63, 3.8) is 0 Å². The number of amides is 1. The van der Waals surface area contributed by atoms with Crippen molar-refractivity contribution in [3.05, 3.63) is 34.9 Å². The van der Waals surface area contributed by atoms with Gasteiger partial charge in [-0.05, 0) is 12.1 Å². The molecule has 0 atom stereocenters. The van der Waals surface area contributed by atoms with Gasteiger partial charge in [0.15, 0.2) is 0 Å². The highest BCUT2D eigenvalue weighted by atomic mass is 35.5. The molecule has 0 fully saturated rings. The Hall–Kier alpha value is -2.08. The van der Waals surface area contributed by atoms with E-state index in [1.807, 2.05) is 20.8 Å². The van der Waals surface area contributed by atoms with Crippen LogP contribution in [0.15, 0.2) is 18.2 Å². The van der Waals surface area contributed by atoms with Gasteiger partial charge in [0, 0.05) is 11.5 Å². The Labute approximate surface area is 127 Å². The van der Waals surface area contributed by atoms with E-state index in [1.165, 1.54) is 0 Å². The maximum atomic E-state index is 12.2. The summed E-state index contributed by atoms with van der Waals surface area (Å²) < 4.78 is 5.10. The van der Waals surface area contributed by atoms with Crippen LogP contribution in [0.2, 0.25) is 5.02 Å². The highest BCUT2D eigenvalue weighted by molar-refractivity contribution is 6.33. The maximum absolute atomic E-state index is 12.2. The molecule has 2 rings (SSSR count). The zero-order chi connectivity index (χ0) is 15.6. The molecule has 2 aromatic rings. The van der Waals surface area contributed by atoms with E-state index in [0.29, 0.717) is 22.3 Å². The number of carbonyl (C=O) groups is 1. The van der Waals surface area contributed by atoms with Crippen molar-refractivity contribution < 1.29 is 9.53 Å². The van der Waals surface area contributed by atoms with Crippen molar-refractivity contribution in [3.8, 4) is 5.75 Å². The quantitative estimate of drug-likeness (QED) is 0.913. The molecular formula is C14H17ClN4O2. The molecule has 0 radical (unpaired) electrons. The van der Waals surface area contributed by atoms with Gasteiger partial charge in [-0.2, -0.15) is 0 Å². The summed E-state index contributed by atoms with van der Waals surface area (Å²) in [6, 6.07) is 4.99. The van der Waals surface area contributed by atoms with Gasteiger partial charge in [0.25, 0.3) is 5.91 Å². The van der Waals surface area contributed by atoms with E-state index in [0.717, 1.165) is 0 Å². The Kier molecular flexibility index (Phi) is 4.18. The van der Waals surface area contributed by atoms with Gasteiger partial charge >= 0.3 is 0 Å². The van der Waals surface area contributed by atoms with E-state index in [9.17, 15) is 4.79 Å². The van der Waals surface area contributed by atoms with Crippen molar-refractivity contribution in [2.75, 3.05) is 12.4 Å². The monoisotopic (exact) mass is 308 g/mol. The number of halogens is 1. The number of benzene rings is 1. The van der Waals surface area contributed by atoms with Crippen molar-refractivity contribution >= 4 is 23.2 Å². The minimum atomic E-state index is -0.433. The first-order valence-electron chi connectivity index (χ1n) is 6.39. The molecule has 1 aromatic heterocycles. The molecule has 0 unspecified atom stereocenters. The highest BCUT2D eigenvalue weighted by Gasteiger charge is 2.21. The summed E-state index contributed by atoms with van der Waals surface area (Å²) in [5, 5.41) is 9.78. The van der Waals surface area contributed by atoms with Gasteiger partial charge in [0.2, 0.25) is 5.82 Å². The largest absolute Gasteiger partial charge is 0.497 e. The zero-order valence-corrected chi connectivity index (χ0v) is 13.1. The van der Waals surface area contributed by atoms with E-state index in [-0.39, 0.29) is 11.2 Å². The highest BCUT2D eigenvalue weighted by Crippen LogP contribution is 2.27. The van der Waals surface area contributed by atoms with Crippen LogP contribution >= 0.6 is 11.6 Å². The maximum Gasteiger partial charge on any atom is 0.295 e. The Balaban J connectivity index is 2.20. The fraction of sp³-hybridized carbons (Fsp3) is 0.357. The molecule has 6 nitrogen and oxygen atoms in total. The van der Waals surface area contributed by atoms with E-state index in [4.69, 9.17) is 16.3 Å². The standard InChI is InChI=1S/C14H17ClN4O2/c1-14(2,3)13-17-11(18-19-13)12(20)16-10-7-8(21-4)5-6-9(10)15/h5-7H,1-4H3,(H,16,20)(H,17,18,19). The summed E-state index contributed by atoms with van der Waals surface area (Å²) in [5.74, 6) is 0.875. The molecule has 21 heavy (non-hydrogen) atoms. The summed E-state index contributed by atoms with van der Waals surface area (Å²) in [4.78, 5) is 16.3. The minimum absolute atomic E-state index is 0.0683. The number of ether oxygens (including phenoxy) is 1. The van der Waals surface area contributed by atoms with Crippen LogP contribution in [0.5, 0.6) is 5.75 Å². The first-order valence-corrected chi connectivity index (χ1v) is 6.77. The topological polar surface area (TPSA) is 79.9 Å². The number of carbonyl (C=O) groups excluding carboxylic acids is 1. The first kappa shape index (κ1) is 15.3. The van der Waals surface area contributed by atoms with Crippen LogP contribution in [0.25, 0.3) is 0 Å². The smallest absolute Gasteiger partial charge is 0.295 e. The molecule has 0 saturated carbocycles. The molecule has 0 spiro atoms. The second kappa shape index (κ2) is 5.73. The Morgan fingerprint density at radius 3 is 2.67 bits per heavy atom. The predicted molar refractivity (Wildman–Crippen MR) is 81.0 cm³/mol. The summed E-state index contributed by atoms with van der Waals surface area (Å²) in [6.07, 6.45) is 0. The lowest BCUT2D eigenvalue weighted by atomic mass is 9.96. The number of hydrogen-bond donors (Lipinski definition) is 2. The molecule has 1 amide bonds. The van der Waals surface area contributed by atoms with Crippen molar-refractivity contribution in [2.24, 2.45) is 0 Å². The number of nitrogens with one attached hydrogen (secondary N) is 2. The van der Waals surface area contributed by atoms with E-state index in [1.54, 1.807) is 25.3 Å². The second-order valence-electron chi connectivity index (χ2n) is 5.56. The van der Waals surface area contributed by atoms with Crippen LogP contribution in [0, 0.1) is 0 Å². The van der Waals surface area contributed by atoms with Gasteiger partial charge in [0.1, 0.15) is 11.6 Å². The lowest BCUT2D eigenvalue weighted by molar-refractivity contribution is 0.101. The third kappa shape index (κ3) is 3.52. The van der Waals surface area contributed by atoms with Crippen molar-refractivity contribution in [1.82, 2.24) is 15.2 Å². The third-order valence-electron chi connectivity index (χ3n) is 2.82. The average Bonchev–Trinajstić information content (AvgIpc) is 2.91. The third-order valence-corrected chi connectivity index (χ3v) is 3.15. The van der Waals surface area contributed by atoms with Crippen LogP contribution in [0.3, 0.4) is 0 Å². The van der Waals surface area contributed by atoms with Crippen LogP contribution in [0.4, 0.5) is 5.69 Å². The van der Waals surface area contributed by atoms with E-state index < -0.39 is 5.91 Å². The fourth-order valence-corrected chi connectivity index (χ4v) is 1.77. The molecule has 1 aromatic carbocycles. The van der Waals surface area contributed by atoms with Gasteiger partial charge in [-0.25, -0.2) is 4.98 Å². The molecule has 0 aliphatic carbocycles. The van der Waals surface area contributed by atoms with Gasteiger partial charge in [0.05, 0.1) is 17.8 Å². The predicted octanol–water partition coefficient (Wildman–Crippen LogP) is 3.02. The summed E-state index contributed by atoms with van der Waals surface area (Å²) in [6.45, 7) is 5.94. The first-order chi connectivity index (χ1) is 9.81. The van der Waals surface area contributed by atoms with Crippen LogP contribution in [-0.2, 0) is 5.41 Å². The molecule has 1 heterocycles. The summed E-state index contributed by atoms with van der Waals surface area (Å²) in [7, 11) is 1.54. The SMILES string of the molecule is COc1ccc(Cl)c(NC(=O)c2n[nH]c(C(C)(C)C)n2)c1. The Morgan fingerprint density at radius 1 is 1.38 bits per heavy atom. The Morgan fingerprint density at radius 2 is 2.10 bits per heavy atom. The molecule has 2 N–H and O–H groups in total. The molecule has 0 aliphatic heterocycles. The molecule has 112 valence electrons. The van der Waals surface area contributed by atoms with Gasteiger partial charge < -0.3 is 10.1 Å².